The molecular weight excluding hydrogens is 782 g/mol. The van der Waals surface area contributed by atoms with Crippen LogP contribution in [0.5, 0.6) is 0 Å². The molecular formula is C56H46P2Ti. The monoisotopic (exact) mass is 828 g/mol. The molecule has 2 unspecified atom stereocenters. The van der Waals surface area contributed by atoms with Crippen molar-refractivity contribution in [2.45, 2.75) is 21.3 Å². The Morgan fingerprint density at radius 2 is 0.576 bits per heavy atom. The topological polar surface area (TPSA) is 0 Å². The van der Waals surface area contributed by atoms with E-state index in [9.17, 15) is 0 Å². The van der Waals surface area contributed by atoms with Gasteiger partial charge in [0.15, 0.2) is 0 Å². The van der Waals surface area contributed by atoms with Crippen molar-refractivity contribution in [3.63, 3.8) is 0 Å². The summed E-state index contributed by atoms with van der Waals surface area (Å²) in [7, 11) is -1.33. The Balaban J connectivity index is 0.000000271. The van der Waals surface area contributed by atoms with Crippen molar-refractivity contribution < 1.29 is 19.2 Å². The molecule has 0 bridgehead atoms. The van der Waals surface area contributed by atoms with Gasteiger partial charge in [-0.05, 0) is 24.0 Å². The fourth-order valence-corrected chi connectivity index (χ4v) is 17.8. The summed E-state index contributed by atoms with van der Waals surface area (Å²) in [5.41, 5.74) is 8.70. The molecule has 2 aliphatic rings. The zero-order chi connectivity index (χ0) is 39.6. The Hall–Kier alpha value is -5.19. The largest absolute Gasteiger partial charge is 0.0622 e. The molecule has 0 heterocycles. The smallest absolute Gasteiger partial charge is 0.0238 e. The molecule has 0 saturated carbocycles. The van der Waals surface area contributed by atoms with Gasteiger partial charge in [0.1, 0.15) is 0 Å². The molecule has 0 nitrogen and oxygen atoms in total. The molecule has 0 amide bonds. The third-order valence-electron chi connectivity index (χ3n) is 11.1. The summed E-state index contributed by atoms with van der Waals surface area (Å²) in [6, 6.07) is 84.7. The van der Waals surface area contributed by atoms with Gasteiger partial charge in [0.2, 0.25) is 0 Å². The van der Waals surface area contributed by atoms with Crippen LogP contribution in [0.1, 0.15) is 41.8 Å². The molecule has 0 saturated heterocycles. The summed E-state index contributed by atoms with van der Waals surface area (Å²) in [4.78, 5) is 0. The Kier molecular flexibility index (Phi) is 12.8. The molecule has 0 spiro atoms. The molecule has 3 heteroatoms. The minimum atomic E-state index is -0.664. The van der Waals surface area contributed by atoms with Crippen LogP contribution in [0, 0.1) is 0 Å². The molecule has 10 rings (SSSR count). The quantitative estimate of drug-likeness (QED) is 0.0900. The van der Waals surface area contributed by atoms with Gasteiger partial charge in [0.25, 0.3) is 0 Å². The van der Waals surface area contributed by atoms with Crippen molar-refractivity contribution in [3.8, 4) is 0 Å². The van der Waals surface area contributed by atoms with Gasteiger partial charge >= 0.3 is 280 Å². The Morgan fingerprint density at radius 3 is 0.898 bits per heavy atom. The average Bonchev–Trinajstić information content (AvgIpc) is 3.86. The van der Waals surface area contributed by atoms with Gasteiger partial charge in [0, 0.05) is 0 Å². The second kappa shape index (κ2) is 19.3. The third-order valence-corrected chi connectivity index (χ3v) is 19.9. The van der Waals surface area contributed by atoms with Gasteiger partial charge in [-0.3, -0.25) is 0 Å². The van der Waals surface area contributed by atoms with Crippen LogP contribution in [0.25, 0.3) is 12.2 Å². The van der Waals surface area contributed by atoms with Crippen LogP contribution >= 0.6 is 15.8 Å². The zero-order valence-electron chi connectivity index (χ0n) is 33.1. The van der Waals surface area contributed by atoms with Gasteiger partial charge in [-0.1, -0.05) is 60.7 Å². The van der Waals surface area contributed by atoms with Crippen LogP contribution in [0.15, 0.2) is 241 Å². The Morgan fingerprint density at radius 1 is 0.305 bits per heavy atom. The van der Waals surface area contributed by atoms with E-state index in [-0.39, 0.29) is 0 Å². The van der Waals surface area contributed by atoms with Crippen LogP contribution in [0.2, 0.25) is 0 Å². The van der Waals surface area contributed by atoms with E-state index in [1.165, 1.54) is 54.6 Å². The first-order valence-corrected chi connectivity index (χ1v) is 25.0. The normalized spacial score (nSPS) is 15.1. The Labute approximate surface area is 361 Å². The summed E-state index contributed by atoms with van der Waals surface area (Å²) in [6.45, 7) is 0. The number of allylic oxidation sites excluding steroid dienone is 2. The van der Waals surface area contributed by atoms with E-state index in [1.54, 1.807) is 10.6 Å². The first kappa shape index (κ1) is 39.3. The molecule has 284 valence electrons. The van der Waals surface area contributed by atoms with E-state index in [0.29, 0.717) is 8.45 Å². The Bertz CT molecular complexity index is 2360. The summed E-state index contributed by atoms with van der Waals surface area (Å²) in [6.07, 6.45) is 7.39. The summed E-state index contributed by atoms with van der Waals surface area (Å²) < 4.78 is 0.909. The van der Waals surface area contributed by atoms with Crippen LogP contribution in [0.3, 0.4) is 0 Å². The summed E-state index contributed by atoms with van der Waals surface area (Å²) >= 11 is -0.576. The van der Waals surface area contributed by atoms with Crippen molar-refractivity contribution in [2.75, 3.05) is 0 Å². The second-order valence-electron chi connectivity index (χ2n) is 14.9. The number of hydrogen-bond acceptors (Lipinski definition) is 0. The van der Waals surface area contributed by atoms with E-state index in [4.69, 9.17) is 0 Å². The molecule has 59 heavy (non-hydrogen) atoms. The molecule has 0 radical (unpaired) electrons. The number of rotatable bonds is 11. The minimum Gasteiger partial charge on any atom is -0.0622 e. The third kappa shape index (κ3) is 9.19. The fourth-order valence-electron chi connectivity index (χ4n) is 8.30. The van der Waals surface area contributed by atoms with Gasteiger partial charge in [-0.15, -0.1) is 0 Å². The number of fused-ring (bicyclic) bond motifs is 2. The maximum atomic E-state index is 2.57. The molecule has 8 aromatic rings. The minimum absolute atomic E-state index is 0.454. The van der Waals surface area contributed by atoms with Gasteiger partial charge in [-0.25, -0.2) is 0 Å². The maximum Gasteiger partial charge on any atom is -0.0238 e. The first-order valence-electron chi connectivity index (χ1n) is 20.6. The van der Waals surface area contributed by atoms with Crippen LogP contribution < -0.4 is 21.2 Å². The van der Waals surface area contributed by atoms with Crippen molar-refractivity contribution in [1.29, 1.82) is 0 Å². The van der Waals surface area contributed by atoms with E-state index < -0.39 is 35.0 Å². The molecule has 2 aliphatic carbocycles. The summed E-state index contributed by atoms with van der Waals surface area (Å²) in [5, 5.41) is 8.99. The predicted molar refractivity (Wildman–Crippen MR) is 253 cm³/mol. The van der Waals surface area contributed by atoms with Crippen LogP contribution in [0.4, 0.5) is 0 Å². The molecule has 0 N–H and O–H groups in total. The average molecular weight is 829 g/mol. The standard InChI is InChI=1S/2C21H16P.C14H14.Ti/c2*1-3-11-19(12-4-1)22(20-13-5-2-6-14-20)21-15-17-9-7-8-10-18(17)16-21;1-3-7-13(8-4-1)11-12-14-9-5-2-6-10-14;/h2*1-16H;1-10H,11-12H2;. The van der Waals surface area contributed by atoms with Gasteiger partial charge < -0.3 is 0 Å². The molecule has 8 aromatic carbocycles. The number of aryl methyl sites for hydroxylation is 2. The van der Waals surface area contributed by atoms with Crippen molar-refractivity contribution >= 4 is 49.2 Å². The van der Waals surface area contributed by atoms with E-state index in [0.717, 1.165) is 12.8 Å². The van der Waals surface area contributed by atoms with Crippen LogP contribution in [-0.2, 0) is 32.0 Å². The fraction of sp³-hybridized carbons (Fsp3) is 0.0714. The molecule has 2 atom stereocenters. The van der Waals surface area contributed by atoms with Crippen molar-refractivity contribution in [2.24, 2.45) is 0 Å². The van der Waals surface area contributed by atoms with Crippen molar-refractivity contribution in [3.05, 3.63) is 275 Å². The SMILES string of the molecule is C1=C(P(c2ccccc2)c2ccccc2)[CH]([Ti][CH]2C(P(c3ccccc3)c3ccccc3)=Cc3ccccc32)c2ccccc21.c1ccc(CCc2ccccc2)cc1. The zero-order valence-corrected chi connectivity index (χ0v) is 36.4. The molecule has 0 fully saturated rings. The first-order chi connectivity index (χ1) is 29.3. The van der Waals surface area contributed by atoms with E-state index in [2.05, 4.69) is 243 Å². The number of hydrogen-bond donors (Lipinski definition) is 0. The van der Waals surface area contributed by atoms with E-state index in [1.807, 2.05) is 0 Å². The van der Waals surface area contributed by atoms with Gasteiger partial charge in [0.05, 0.1) is 0 Å². The van der Waals surface area contributed by atoms with Crippen LogP contribution in [-0.4, -0.2) is 0 Å². The second-order valence-corrected chi connectivity index (χ2v) is 21.7. The van der Waals surface area contributed by atoms with E-state index >= 15 is 0 Å². The summed E-state index contributed by atoms with van der Waals surface area (Å²) in [5.74, 6) is 0. The molecule has 0 aromatic heterocycles. The maximum absolute atomic E-state index is 2.57. The van der Waals surface area contributed by atoms with Crippen molar-refractivity contribution in [1.82, 2.24) is 0 Å². The molecule has 0 aliphatic heterocycles. The van der Waals surface area contributed by atoms with Gasteiger partial charge in [-0.2, -0.15) is 0 Å². The predicted octanol–water partition coefficient (Wildman–Crippen LogP) is 13.0. The number of benzene rings is 8.